The van der Waals surface area contributed by atoms with Gasteiger partial charge >= 0.3 is 0 Å². The summed E-state index contributed by atoms with van der Waals surface area (Å²) in [6, 6.07) is 1.91. The van der Waals surface area contributed by atoms with E-state index in [1.165, 1.54) is 0 Å². The summed E-state index contributed by atoms with van der Waals surface area (Å²) in [5.74, 6) is 0. The van der Waals surface area contributed by atoms with Crippen molar-refractivity contribution in [2.75, 3.05) is 50.4 Å². The zero-order chi connectivity index (χ0) is 11.9. The molecule has 5 nitrogen and oxygen atoms in total. The number of aromatic nitrogens is 1. The van der Waals surface area contributed by atoms with Crippen LogP contribution in [0.3, 0.4) is 0 Å². The number of rotatable bonds is 5. The lowest BCUT2D eigenvalue weighted by Crippen LogP contribution is -2.37. The van der Waals surface area contributed by atoms with Crippen molar-refractivity contribution in [1.82, 2.24) is 9.88 Å². The molecule has 2 heterocycles. The quantitative estimate of drug-likeness (QED) is 0.740. The Morgan fingerprint density at radius 2 is 2.24 bits per heavy atom. The van der Waals surface area contributed by atoms with E-state index < -0.39 is 0 Å². The topological polar surface area (TPSA) is 63.4 Å². The molecule has 0 aliphatic carbocycles. The van der Waals surface area contributed by atoms with Gasteiger partial charge in [0.1, 0.15) is 0 Å². The molecule has 1 aliphatic rings. The third-order valence-corrected chi connectivity index (χ3v) is 2.92. The molecule has 0 amide bonds. The number of nitrogens with one attached hydrogen (secondary N) is 1. The van der Waals surface area contributed by atoms with Crippen LogP contribution < -0.4 is 11.1 Å². The standard InChI is InChI=1S/C12H20N4O/c13-11-10-14-4-2-12(11)15-3-1-5-16-6-8-17-9-7-16/h2,4,10H,1,3,5-9,13H2,(H,14,15). The van der Waals surface area contributed by atoms with Crippen molar-refractivity contribution < 1.29 is 4.74 Å². The van der Waals surface area contributed by atoms with Crippen LogP contribution in [0.2, 0.25) is 0 Å². The van der Waals surface area contributed by atoms with Crippen molar-refractivity contribution in [2.45, 2.75) is 6.42 Å². The average Bonchev–Trinajstić information content (AvgIpc) is 2.38. The molecule has 3 N–H and O–H groups in total. The van der Waals surface area contributed by atoms with Crippen molar-refractivity contribution in [3.63, 3.8) is 0 Å². The molecule has 0 radical (unpaired) electrons. The van der Waals surface area contributed by atoms with Crippen LogP contribution in [-0.4, -0.2) is 49.3 Å². The van der Waals surface area contributed by atoms with E-state index in [1.807, 2.05) is 6.07 Å². The van der Waals surface area contributed by atoms with E-state index >= 15 is 0 Å². The Bertz CT molecular complexity index is 339. The van der Waals surface area contributed by atoms with Crippen LogP contribution in [0.5, 0.6) is 0 Å². The number of ether oxygens (including phenoxy) is 1. The summed E-state index contributed by atoms with van der Waals surface area (Å²) in [5.41, 5.74) is 7.47. The van der Waals surface area contributed by atoms with Gasteiger partial charge in [0.05, 0.1) is 30.8 Å². The van der Waals surface area contributed by atoms with Crippen LogP contribution in [0.4, 0.5) is 11.4 Å². The smallest absolute Gasteiger partial charge is 0.0736 e. The molecule has 0 spiro atoms. The Balaban J connectivity index is 1.64. The first-order valence-corrected chi connectivity index (χ1v) is 6.10. The number of nitrogens with zero attached hydrogens (tertiary/aromatic N) is 2. The molecule has 2 rings (SSSR count). The summed E-state index contributed by atoms with van der Waals surface area (Å²) in [6.45, 7) is 5.89. The summed E-state index contributed by atoms with van der Waals surface area (Å²) < 4.78 is 5.31. The molecule has 5 heteroatoms. The molecule has 0 atom stereocenters. The Hall–Kier alpha value is -1.33. The zero-order valence-electron chi connectivity index (χ0n) is 10.1. The highest BCUT2D eigenvalue weighted by atomic mass is 16.5. The molecule has 1 aromatic rings. The number of nitrogens with two attached hydrogens (primary N) is 1. The first kappa shape index (κ1) is 12.1. The minimum absolute atomic E-state index is 0.707. The maximum Gasteiger partial charge on any atom is 0.0736 e. The fraction of sp³-hybridized carbons (Fsp3) is 0.583. The van der Waals surface area contributed by atoms with Crippen LogP contribution >= 0.6 is 0 Å². The second-order valence-electron chi connectivity index (χ2n) is 4.20. The molecule has 17 heavy (non-hydrogen) atoms. The zero-order valence-corrected chi connectivity index (χ0v) is 10.1. The SMILES string of the molecule is Nc1cnccc1NCCCN1CCOCC1. The van der Waals surface area contributed by atoms with Gasteiger partial charge in [-0.1, -0.05) is 0 Å². The van der Waals surface area contributed by atoms with Crippen molar-refractivity contribution in [3.05, 3.63) is 18.5 Å². The number of nitrogen functional groups attached to an aromatic ring is 1. The lowest BCUT2D eigenvalue weighted by molar-refractivity contribution is 0.0378. The summed E-state index contributed by atoms with van der Waals surface area (Å²) in [6.07, 6.45) is 4.53. The van der Waals surface area contributed by atoms with Crippen LogP contribution in [0.25, 0.3) is 0 Å². The molecule has 0 bridgehead atoms. The molecule has 1 saturated heterocycles. The van der Waals surface area contributed by atoms with Gasteiger partial charge in [-0.25, -0.2) is 0 Å². The van der Waals surface area contributed by atoms with Crippen molar-refractivity contribution >= 4 is 11.4 Å². The predicted octanol–water partition coefficient (Wildman–Crippen LogP) is 0.798. The number of anilines is 2. The second-order valence-corrected chi connectivity index (χ2v) is 4.20. The van der Waals surface area contributed by atoms with E-state index in [9.17, 15) is 0 Å². The number of hydrogen-bond acceptors (Lipinski definition) is 5. The van der Waals surface area contributed by atoms with Crippen LogP contribution in [0, 0.1) is 0 Å². The summed E-state index contributed by atoms with van der Waals surface area (Å²) in [7, 11) is 0. The highest BCUT2D eigenvalue weighted by molar-refractivity contribution is 5.64. The van der Waals surface area contributed by atoms with Gasteiger partial charge in [-0.15, -0.1) is 0 Å². The fourth-order valence-corrected chi connectivity index (χ4v) is 1.92. The second kappa shape index (κ2) is 6.42. The van der Waals surface area contributed by atoms with Crippen LogP contribution in [-0.2, 0) is 4.74 Å². The Morgan fingerprint density at radius 3 is 3.00 bits per heavy atom. The van der Waals surface area contributed by atoms with E-state index in [0.717, 1.165) is 51.5 Å². The maximum absolute atomic E-state index is 5.79. The normalized spacial score (nSPS) is 16.9. The largest absolute Gasteiger partial charge is 0.396 e. The fourth-order valence-electron chi connectivity index (χ4n) is 1.92. The summed E-state index contributed by atoms with van der Waals surface area (Å²) >= 11 is 0. The Kier molecular flexibility index (Phi) is 4.58. The van der Waals surface area contributed by atoms with E-state index in [4.69, 9.17) is 10.5 Å². The lowest BCUT2D eigenvalue weighted by atomic mass is 10.3. The van der Waals surface area contributed by atoms with E-state index in [2.05, 4.69) is 15.2 Å². The predicted molar refractivity (Wildman–Crippen MR) is 69.0 cm³/mol. The van der Waals surface area contributed by atoms with Gasteiger partial charge in [-0.05, 0) is 19.0 Å². The molecule has 1 aliphatic heterocycles. The number of pyridine rings is 1. The molecule has 1 aromatic heterocycles. The molecule has 0 saturated carbocycles. The number of hydrogen-bond donors (Lipinski definition) is 2. The molecule has 0 aromatic carbocycles. The molecule has 94 valence electrons. The first-order chi connectivity index (χ1) is 8.36. The van der Waals surface area contributed by atoms with Gasteiger partial charge in [-0.3, -0.25) is 9.88 Å². The molecular weight excluding hydrogens is 216 g/mol. The third kappa shape index (κ3) is 3.87. The van der Waals surface area contributed by atoms with Gasteiger partial charge in [0.2, 0.25) is 0 Å². The first-order valence-electron chi connectivity index (χ1n) is 6.10. The molecule has 1 fully saturated rings. The van der Waals surface area contributed by atoms with Gasteiger partial charge in [0.25, 0.3) is 0 Å². The average molecular weight is 236 g/mol. The van der Waals surface area contributed by atoms with E-state index in [0.29, 0.717) is 5.69 Å². The molecular formula is C12H20N4O. The highest BCUT2D eigenvalue weighted by Crippen LogP contribution is 2.14. The lowest BCUT2D eigenvalue weighted by Gasteiger charge is -2.26. The monoisotopic (exact) mass is 236 g/mol. The Morgan fingerprint density at radius 1 is 1.41 bits per heavy atom. The van der Waals surface area contributed by atoms with Gasteiger partial charge in [-0.2, -0.15) is 0 Å². The van der Waals surface area contributed by atoms with E-state index in [1.54, 1.807) is 12.4 Å². The number of morpholine rings is 1. The Labute approximate surface area is 102 Å². The minimum atomic E-state index is 0.707. The minimum Gasteiger partial charge on any atom is -0.396 e. The highest BCUT2D eigenvalue weighted by Gasteiger charge is 2.08. The summed E-state index contributed by atoms with van der Waals surface area (Å²) in [5, 5.41) is 3.33. The van der Waals surface area contributed by atoms with Crippen LogP contribution in [0.15, 0.2) is 18.5 Å². The van der Waals surface area contributed by atoms with Crippen LogP contribution in [0.1, 0.15) is 6.42 Å². The van der Waals surface area contributed by atoms with E-state index in [-0.39, 0.29) is 0 Å². The van der Waals surface area contributed by atoms with Crippen molar-refractivity contribution in [3.8, 4) is 0 Å². The third-order valence-electron chi connectivity index (χ3n) is 2.92. The van der Waals surface area contributed by atoms with Gasteiger partial charge in [0.15, 0.2) is 0 Å². The maximum atomic E-state index is 5.79. The summed E-state index contributed by atoms with van der Waals surface area (Å²) in [4.78, 5) is 6.39. The van der Waals surface area contributed by atoms with Crippen molar-refractivity contribution in [1.29, 1.82) is 0 Å². The molecule has 0 unspecified atom stereocenters. The van der Waals surface area contributed by atoms with Gasteiger partial charge < -0.3 is 15.8 Å². The van der Waals surface area contributed by atoms with Crippen molar-refractivity contribution in [2.24, 2.45) is 0 Å². The van der Waals surface area contributed by atoms with Gasteiger partial charge in [0, 0.05) is 25.8 Å².